The van der Waals surface area contributed by atoms with Crippen molar-refractivity contribution in [3.63, 3.8) is 0 Å². The molecular formula is C18H27N3O4. The van der Waals surface area contributed by atoms with Gasteiger partial charge in [-0.3, -0.25) is 9.69 Å². The number of carboxylic acids is 1. The number of nitrogens with zero attached hydrogens (tertiary/aromatic N) is 1. The number of rotatable bonds is 9. The van der Waals surface area contributed by atoms with Gasteiger partial charge in [0.25, 0.3) is 0 Å². The maximum atomic E-state index is 12.2. The number of carbonyl (C=O) groups is 2. The number of amides is 2. The van der Waals surface area contributed by atoms with Crippen LogP contribution in [0.1, 0.15) is 31.4 Å². The van der Waals surface area contributed by atoms with Gasteiger partial charge in [-0.05, 0) is 24.9 Å². The summed E-state index contributed by atoms with van der Waals surface area (Å²) >= 11 is 0. The van der Waals surface area contributed by atoms with E-state index in [1.807, 2.05) is 42.2 Å². The number of urea groups is 1. The highest BCUT2D eigenvalue weighted by atomic mass is 16.5. The number of ether oxygens (including phenoxy) is 1. The van der Waals surface area contributed by atoms with Crippen molar-refractivity contribution in [1.82, 2.24) is 15.5 Å². The standard InChI is InChI=1S/C18H27N3O4/c1-3-21(11-17(22)23)15-9-14(10-15)19-18(24)20-16(12-25-2)13-7-5-4-6-8-13/h4-8,14-16H,3,9-12H2,1-2H3,(H,22,23)(H2,19,20,24). The number of benzene rings is 1. The highest BCUT2D eigenvalue weighted by molar-refractivity contribution is 5.75. The number of nitrogens with one attached hydrogen (secondary N) is 2. The van der Waals surface area contributed by atoms with Crippen LogP contribution in [0.4, 0.5) is 4.79 Å². The second kappa shape index (κ2) is 9.39. The summed E-state index contributed by atoms with van der Waals surface area (Å²) in [7, 11) is 1.60. The van der Waals surface area contributed by atoms with Gasteiger partial charge in [0.1, 0.15) is 0 Å². The van der Waals surface area contributed by atoms with Crippen LogP contribution in [0.25, 0.3) is 0 Å². The van der Waals surface area contributed by atoms with Crippen LogP contribution in [0.15, 0.2) is 30.3 Å². The van der Waals surface area contributed by atoms with Crippen LogP contribution >= 0.6 is 0 Å². The van der Waals surface area contributed by atoms with Crippen LogP contribution in [0, 0.1) is 0 Å². The number of carbonyl (C=O) groups excluding carboxylic acids is 1. The fraction of sp³-hybridized carbons (Fsp3) is 0.556. The Morgan fingerprint density at radius 3 is 2.56 bits per heavy atom. The lowest BCUT2D eigenvalue weighted by Gasteiger charge is -2.42. The maximum absolute atomic E-state index is 12.2. The van der Waals surface area contributed by atoms with Gasteiger partial charge in [-0.25, -0.2) is 4.79 Å². The number of carboxylic acid groups (broad SMARTS) is 1. The summed E-state index contributed by atoms with van der Waals surface area (Å²) in [4.78, 5) is 25.0. The zero-order chi connectivity index (χ0) is 18.2. The Morgan fingerprint density at radius 2 is 2.00 bits per heavy atom. The molecule has 1 aromatic carbocycles. The van der Waals surface area contributed by atoms with Gasteiger partial charge < -0.3 is 20.5 Å². The molecule has 1 fully saturated rings. The van der Waals surface area contributed by atoms with Gasteiger partial charge in [-0.2, -0.15) is 0 Å². The van der Waals surface area contributed by atoms with E-state index < -0.39 is 5.97 Å². The third kappa shape index (κ3) is 5.72. The number of methoxy groups -OCH3 is 1. The molecule has 7 nitrogen and oxygen atoms in total. The van der Waals surface area contributed by atoms with E-state index in [9.17, 15) is 9.59 Å². The van der Waals surface area contributed by atoms with E-state index >= 15 is 0 Å². The Hall–Kier alpha value is -2.12. The van der Waals surface area contributed by atoms with Gasteiger partial charge in [0.2, 0.25) is 0 Å². The van der Waals surface area contributed by atoms with Crippen molar-refractivity contribution in [2.45, 2.75) is 37.9 Å². The molecule has 1 saturated carbocycles. The minimum absolute atomic E-state index is 0.0456. The van der Waals surface area contributed by atoms with Crippen LogP contribution in [0.3, 0.4) is 0 Å². The Bertz CT molecular complexity index is 561. The van der Waals surface area contributed by atoms with Gasteiger partial charge in [-0.1, -0.05) is 37.3 Å². The molecule has 0 aliphatic heterocycles. The minimum Gasteiger partial charge on any atom is -0.480 e. The predicted molar refractivity (Wildman–Crippen MR) is 94.4 cm³/mol. The number of aliphatic carboxylic acids is 1. The molecule has 1 aliphatic carbocycles. The number of likely N-dealkylation sites (N-methyl/N-ethyl adjacent to an activating group) is 1. The van der Waals surface area contributed by atoms with Crippen LogP contribution in [0.2, 0.25) is 0 Å². The molecule has 0 aromatic heterocycles. The van der Waals surface area contributed by atoms with Gasteiger partial charge in [0, 0.05) is 19.2 Å². The Morgan fingerprint density at radius 1 is 1.32 bits per heavy atom. The summed E-state index contributed by atoms with van der Waals surface area (Å²) in [6.45, 7) is 3.09. The first kappa shape index (κ1) is 19.2. The van der Waals surface area contributed by atoms with Crippen molar-refractivity contribution in [1.29, 1.82) is 0 Å². The zero-order valence-corrected chi connectivity index (χ0v) is 14.8. The van der Waals surface area contributed by atoms with Gasteiger partial charge in [-0.15, -0.1) is 0 Å². The van der Waals surface area contributed by atoms with Crippen molar-refractivity contribution >= 4 is 12.0 Å². The van der Waals surface area contributed by atoms with Crippen LogP contribution < -0.4 is 10.6 Å². The monoisotopic (exact) mass is 349 g/mol. The van der Waals surface area contributed by atoms with Crippen LogP contribution in [0.5, 0.6) is 0 Å². The summed E-state index contributed by atoms with van der Waals surface area (Å²) < 4.78 is 5.20. The second-order valence-corrected chi connectivity index (χ2v) is 6.32. The van der Waals surface area contributed by atoms with Crippen molar-refractivity contribution in [3.05, 3.63) is 35.9 Å². The molecule has 1 aliphatic rings. The van der Waals surface area contributed by atoms with E-state index in [2.05, 4.69) is 10.6 Å². The molecule has 25 heavy (non-hydrogen) atoms. The largest absolute Gasteiger partial charge is 0.480 e. The quantitative estimate of drug-likeness (QED) is 0.630. The molecule has 0 bridgehead atoms. The zero-order valence-electron chi connectivity index (χ0n) is 14.8. The van der Waals surface area contributed by atoms with E-state index in [0.29, 0.717) is 13.2 Å². The molecule has 0 saturated heterocycles. The minimum atomic E-state index is -0.818. The normalized spacial score (nSPS) is 20.6. The molecule has 1 unspecified atom stereocenters. The molecule has 1 atom stereocenters. The smallest absolute Gasteiger partial charge is 0.317 e. The lowest BCUT2D eigenvalue weighted by molar-refractivity contribution is -0.139. The van der Waals surface area contributed by atoms with Gasteiger partial charge in [0.15, 0.2) is 0 Å². The average molecular weight is 349 g/mol. The first-order valence-corrected chi connectivity index (χ1v) is 8.60. The highest BCUT2D eigenvalue weighted by Gasteiger charge is 2.34. The summed E-state index contributed by atoms with van der Waals surface area (Å²) in [5.41, 5.74) is 0.990. The molecule has 0 spiro atoms. The summed E-state index contributed by atoms with van der Waals surface area (Å²) in [6, 6.07) is 9.55. The van der Waals surface area contributed by atoms with Crippen LogP contribution in [-0.4, -0.2) is 60.9 Å². The Balaban J connectivity index is 1.79. The molecule has 138 valence electrons. The molecule has 1 aromatic rings. The Labute approximate surface area is 148 Å². The molecular weight excluding hydrogens is 322 g/mol. The third-order valence-electron chi connectivity index (χ3n) is 4.55. The fourth-order valence-corrected chi connectivity index (χ4v) is 3.14. The van der Waals surface area contributed by atoms with E-state index in [0.717, 1.165) is 18.4 Å². The van der Waals surface area contributed by atoms with Crippen molar-refractivity contribution in [3.8, 4) is 0 Å². The van der Waals surface area contributed by atoms with Crippen LogP contribution in [-0.2, 0) is 9.53 Å². The molecule has 2 amide bonds. The SMILES string of the molecule is CCN(CC(=O)O)C1CC(NC(=O)NC(COC)c2ccccc2)C1. The third-order valence-corrected chi connectivity index (χ3v) is 4.55. The summed E-state index contributed by atoms with van der Waals surface area (Å²) in [6.07, 6.45) is 1.55. The lowest BCUT2D eigenvalue weighted by Crippen LogP contribution is -2.56. The molecule has 0 heterocycles. The molecule has 0 radical (unpaired) electrons. The second-order valence-electron chi connectivity index (χ2n) is 6.32. The summed E-state index contributed by atoms with van der Waals surface area (Å²) in [5, 5.41) is 14.8. The number of hydrogen-bond donors (Lipinski definition) is 3. The first-order valence-electron chi connectivity index (χ1n) is 8.60. The molecule has 2 rings (SSSR count). The topological polar surface area (TPSA) is 90.9 Å². The molecule has 7 heteroatoms. The van der Waals surface area contributed by atoms with E-state index in [-0.39, 0.29) is 30.7 Å². The van der Waals surface area contributed by atoms with E-state index in [1.54, 1.807) is 7.11 Å². The van der Waals surface area contributed by atoms with Gasteiger partial charge in [0.05, 0.1) is 19.2 Å². The summed E-state index contributed by atoms with van der Waals surface area (Å²) in [5.74, 6) is -0.818. The molecule has 3 N–H and O–H groups in total. The van der Waals surface area contributed by atoms with Crippen molar-refractivity contribution < 1.29 is 19.4 Å². The maximum Gasteiger partial charge on any atom is 0.317 e. The van der Waals surface area contributed by atoms with E-state index in [4.69, 9.17) is 9.84 Å². The average Bonchev–Trinajstić information content (AvgIpc) is 2.56. The van der Waals surface area contributed by atoms with Crippen molar-refractivity contribution in [2.24, 2.45) is 0 Å². The fourth-order valence-electron chi connectivity index (χ4n) is 3.14. The Kier molecular flexibility index (Phi) is 7.21. The first-order chi connectivity index (χ1) is 12.0. The van der Waals surface area contributed by atoms with Gasteiger partial charge >= 0.3 is 12.0 Å². The number of hydrogen-bond acceptors (Lipinski definition) is 4. The van der Waals surface area contributed by atoms with Crippen molar-refractivity contribution in [2.75, 3.05) is 26.8 Å². The highest BCUT2D eigenvalue weighted by Crippen LogP contribution is 2.25. The predicted octanol–water partition coefficient (Wildman–Crippen LogP) is 1.61. The van der Waals surface area contributed by atoms with E-state index in [1.165, 1.54) is 0 Å². The lowest BCUT2D eigenvalue weighted by atomic mass is 9.85.